The molecule has 2 nitrogen and oxygen atoms in total. The van der Waals surface area contributed by atoms with Crippen LogP contribution < -0.4 is 0 Å². The van der Waals surface area contributed by atoms with Crippen LogP contribution in [0.5, 0.6) is 0 Å². The summed E-state index contributed by atoms with van der Waals surface area (Å²) in [4.78, 5) is 9.00. The van der Waals surface area contributed by atoms with Crippen molar-refractivity contribution in [3.63, 3.8) is 0 Å². The van der Waals surface area contributed by atoms with Gasteiger partial charge in [-0.1, -0.05) is 0 Å². The zero-order valence-corrected chi connectivity index (χ0v) is 10.7. The summed E-state index contributed by atoms with van der Waals surface area (Å²) in [6.07, 6.45) is 5.93. The molecule has 13 heavy (non-hydrogen) atoms. The van der Waals surface area contributed by atoms with Gasteiger partial charge in [0, 0.05) is 6.92 Å². The van der Waals surface area contributed by atoms with Gasteiger partial charge in [0.2, 0.25) is 0 Å². The molecule has 0 atom stereocenters. The predicted molar refractivity (Wildman–Crippen MR) is 63.8 cm³/mol. The fraction of sp³-hybridized carbons (Fsp3) is 0.900. The topological polar surface area (TPSA) is 37.3 Å². The Morgan fingerprint density at radius 3 is 1.15 bits per heavy atom. The van der Waals surface area contributed by atoms with Crippen LogP contribution in [-0.2, 0) is 4.79 Å². The van der Waals surface area contributed by atoms with Crippen LogP contribution in [0.2, 0.25) is 0 Å². The second-order valence-corrected chi connectivity index (χ2v) is 9.26. The molecule has 0 aliphatic rings. The van der Waals surface area contributed by atoms with E-state index >= 15 is 0 Å². The summed E-state index contributed by atoms with van der Waals surface area (Å²) < 4.78 is 0. The SMILES string of the molecule is CC(=O)O.CC[PH](CC)(CC)CC. The first kappa shape index (κ1) is 15.4. The van der Waals surface area contributed by atoms with Crippen molar-refractivity contribution in [1.82, 2.24) is 0 Å². The van der Waals surface area contributed by atoms with Gasteiger partial charge in [-0.25, -0.2) is 0 Å². The molecule has 0 rings (SSSR count). The summed E-state index contributed by atoms with van der Waals surface area (Å²) in [7, 11) is -0.691. The van der Waals surface area contributed by atoms with E-state index in [1.54, 1.807) is 0 Å². The molecule has 0 aromatic carbocycles. The van der Waals surface area contributed by atoms with Gasteiger partial charge in [-0.2, -0.15) is 0 Å². The monoisotopic (exact) mass is 208 g/mol. The third-order valence-electron chi connectivity index (χ3n) is 3.00. The van der Waals surface area contributed by atoms with Crippen molar-refractivity contribution in [2.45, 2.75) is 34.6 Å². The number of hydrogen-bond donors (Lipinski definition) is 1. The quantitative estimate of drug-likeness (QED) is 0.721. The zero-order valence-electron chi connectivity index (χ0n) is 9.68. The Labute approximate surface area is 83.1 Å². The number of aliphatic carboxylic acids is 1. The number of carboxylic acid groups (broad SMARTS) is 1. The van der Waals surface area contributed by atoms with Gasteiger partial charge in [0.25, 0.3) is 5.97 Å². The molecule has 1 N–H and O–H groups in total. The molecule has 0 fully saturated rings. The van der Waals surface area contributed by atoms with Crippen molar-refractivity contribution in [3.05, 3.63) is 0 Å². The minimum absolute atomic E-state index is 0.691. The molecule has 0 bridgehead atoms. The van der Waals surface area contributed by atoms with E-state index in [4.69, 9.17) is 9.90 Å². The van der Waals surface area contributed by atoms with E-state index in [-0.39, 0.29) is 0 Å². The van der Waals surface area contributed by atoms with E-state index < -0.39 is 13.2 Å². The van der Waals surface area contributed by atoms with Gasteiger partial charge in [0.1, 0.15) is 0 Å². The molecule has 0 aromatic rings. The van der Waals surface area contributed by atoms with Gasteiger partial charge in [-0.15, -0.1) is 0 Å². The third-order valence-corrected chi connectivity index (χ3v) is 9.00. The molecule has 0 aliphatic heterocycles. The second-order valence-electron chi connectivity index (χ2n) is 3.43. The van der Waals surface area contributed by atoms with E-state index in [1.807, 2.05) is 0 Å². The zero-order chi connectivity index (χ0) is 10.9. The van der Waals surface area contributed by atoms with E-state index in [1.165, 1.54) is 24.6 Å². The number of carboxylic acids is 1. The molecule has 0 saturated carbocycles. The first-order valence-corrected chi connectivity index (χ1v) is 8.00. The Morgan fingerprint density at radius 2 is 1.15 bits per heavy atom. The Balaban J connectivity index is 0. The van der Waals surface area contributed by atoms with Gasteiger partial charge in [-0.05, 0) is 0 Å². The Kier molecular flexibility index (Phi) is 10.0. The predicted octanol–water partition coefficient (Wildman–Crippen LogP) is 2.91. The molecule has 0 aliphatic carbocycles. The number of hydrogen-bond acceptors (Lipinski definition) is 1. The van der Waals surface area contributed by atoms with Crippen molar-refractivity contribution in [2.24, 2.45) is 0 Å². The Bertz CT molecular complexity index is 109. The van der Waals surface area contributed by atoms with Gasteiger partial charge >= 0.3 is 59.6 Å². The molecule has 0 unspecified atom stereocenters. The summed E-state index contributed by atoms with van der Waals surface area (Å²) in [6.45, 7) is 10.5. The number of carbonyl (C=O) groups is 1. The summed E-state index contributed by atoms with van der Waals surface area (Å²) in [5.74, 6) is -0.833. The molecule has 0 heterocycles. The minimum atomic E-state index is -0.833. The van der Waals surface area contributed by atoms with Crippen molar-refractivity contribution in [1.29, 1.82) is 0 Å². The van der Waals surface area contributed by atoms with Crippen LogP contribution in [-0.4, -0.2) is 35.7 Å². The molecular formula is C10H25O2P. The van der Waals surface area contributed by atoms with E-state index in [9.17, 15) is 0 Å². The molecule has 0 radical (unpaired) electrons. The van der Waals surface area contributed by atoms with Gasteiger partial charge in [0.15, 0.2) is 0 Å². The van der Waals surface area contributed by atoms with Crippen molar-refractivity contribution < 1.29 is 9.90 Å². The van der Waals surface area contributed by atoms with E-state index in [0.717, 1.165) is 6.92 Å². The van der Waals surface area contributed by atoms with Crippen molar-refractivity contribution >= 4 is 13.2 Å². The van der Waals surface area contributed by atoms with Crippen LogP contribution >= 0.6 is 7.26 Å². The molecule has 0 amide bonds. The second kappa shape index (κ2) is 8.50. The number of rotatable bonds is 4. The first-order chi connectivity index (χ1) is 5.97. The van der Waals surface area contributed by atoms with Crippen molar-refractivity contribution in [2.75, 3.05) is 24.6 Å². The standard InChI is InChI=1S/C8H21P.C2H4O2/c1-5-9(6-2,7-3)8-4;1-2(3)4/h9H,5-8H2,1-4H3;1H3,(H,3,4). The van der Waals surface area contributed by atoms with Gasteiger partial charge < -0.3 is 5.11 Å². The van der Waals surface area contributed by atoms with E-state index in [0.29, 0.717) is 0 Å². The van der Waals surface area contributed by atoms with Crippen LogP contribution in [0.1, 0.15) is 34.6 Å². The third kappa shape index (κ3) is 8.24. The summed E-state index contributed by atoms with van der Waals surface area (Å²) in [5, 5.41) is 7.42. The maximum atomic E-state index is 9.00. The molecule has 0 aromatic heterocycles. The average Bonchev–Trinajstić information content (AvgIpc) is 2.09. The molecule has 82 valence electrons. The van der Waals surface area contributed by atoms with Crippen LogP contribution in [0.15, 0.2) is 0 Å². The summed E-state index contributed by atoms with van der Waals surface area (Å²) in [6, 6.07) is 0. The Hall–Kier alpha value is -0.100. The first-order valence-electron chi connectivity index (χ1n) is 5.17. The fourth-order valence-corrected chi connectivity index (χ4v) is 4.50. The van der Waals surface area contributed by atoms with Crippen LogP contribution in [0.25, 0.3) is 0 Å². The molecule has 0 saturated heterocycles. The van der Waals surface area contributed by atoms with Crippen molar-refractivity contribution in [3.8, 4) is 0 Å². The average molecular weight is 208 g/mol. The summed E-state index contributed by atoms with van der Waals surface area (Å²) in [5.41, 5.74) is 0. The normalized spacial score (nSPS) is 11.5. The maximum absolute atomic E-state index is 9.00. The van der Waals surface area contributed by atoms with Crippen LogP contribution in [0.4, 0.5) is 0 Å². The van der Waals surface area contributed by atoms with Gasteiger partial charge in [0.05, 0.1) is 0 Å². The van der Waals surface area contributed by atoms with Crippen LogP contribution in [0.3, 0.4) is 0 Å². The summed E-state index contributed by atoms with van der Waals surface area (Å²) >= 11 is 0. The molecular weight excluding hydrogens is 183 g/mol. The van der Waals surface area contributed by atoms with E-state index in [2.05, 4.69) is 27.7 Å². The van der Waals surface area contributed by atoms with Crippen LogP contribution in [0, 0.1) is 0 Å². The Morgan fingerprint density at radius 1 is 1.00 bits per heavy atom. The van der Waals surface area contributed by atoms with Gasteiger partial charge in [-0.3, -0.25) is 4.79 Å². The fourth-order valence-electron chi connectivity index (χ4n) is 1.50. The molecule has 3 heteroatoms. The molecule has 0 spiro atoms.